The van der Waals surface area contributed by atoms with Crippen LogP contribution in [-0.2, 0) is 4.74 Å². The zero-order valence-electron chi connectivity index (χ0n) is 10.9. The Morgan fingerprint density at radius 3 is 2.67 bits per heavy atom. The summed E-state index contributed by atoms with van der Waals surface area (Å²) in [6, 6.07) is 0. The van der Waals surface area contributed by atoms with Gasteiger partial charge in [0.25, 0.3) is 5.89 Å². The van der Waals surface area contributed by atoms with Crippen LogP contribution in [0.25, 0.3) is 10.8 Å². The van der Waals surface area contributed by atoms with Crippen molar-refractivity contribution in [2.24, 2.45) is 5.92 Å². The number of methoxy groups -OCH3 is 1. The Hall–Kier alpha value is -1.40. The van der Waals surface area contributed by atoms with E-state index >= 15 is 0 Å². The number of aromatic nitrogens is 2. The van der Waals surface area contributed by atoms with E-state index in [1.165, 1.54) is 11.3 Å². The zero-order valence-corrected chi connectivity index (χ0v) is 11.7. The van der Waals surface area contributed by atoms with E-state index in [0.29, 0.717) is 17.4 Å². The fraction of sp³-hybridized carbons (Fsp3) is 0.500. The quantitative estimate of drug-likeness (QED) is 0.921. The molecule has 5 nitrogen and oxygen atoms in total. The van der Waals surface area contributed by atoms with Crippen molar-refractivity contribution in [3.8, 4) is 10.8 Å². The average molecular weight is 267 g/mol. The van der Waals surface area contributed by atoms with Gasteiger partial charge in [0.2, 0.25) is 5.82 Å². The summed E-state index contributed by atoms with van der Waals surface area (Å²) in [5.74, 6) is 1.30. The average Bonchev–Trinajstić information content (AvgIpc) is 2.89. The van der Waals surface area contributed by atoms with Gasteiger partial charge >= 0.3 is 0 Å². The number of nitrogens with two attached hydrogens (primary N) is 1. The first kappa shape index (κ1) is 13.0. The van der Waals surface area contributed by atoms with Crippen molar-refractivity contribution in [2.45, 2.75) is 26.9 Å². The Kier molecular flexibility index (Phi) is 3.68. The van der Waals surface area contributed by atoms with E-state index in [0.717, 1.165) is 10.4 Å². The molecule has 6 heteroatoms. The molecule has 18 heavy (non-hydrogen) atoms. The summed E-state index contributed by atoms with van der Waals surface area (Å²) < 4.78 is 10.6. The molecule has 0 amide bonds. The summed E-state index contributed by atoms with van der Waals surface area (Å²) in [7, 11) is 1.64. The number of aryl methyl sites for hydroxylation is 1. The van der Waals surface area contributed by atoms with Crippen molar-refractivity contribution < 1.29 is 9.26 Å². The number of nitrogen functional groups attached to an aromatic ring is 1. The lowest BCUT2D eigenvalue weighted by Crippen LogP contribution is -2.10. The summed E-state index contributed by atoms with van der Waals surface area (Å²) in [4.78, 5) is 5.20. The molecule has 2 N–H and O–H groups in total. The Bertz CT molecular complexity index is 533. The molecule has 2 heterocycles. The number of anilines is 1. The molecule has 0 aliphatic heterocycles. The molecule has 0 bridgehead atoms. The molecule has 1 unspecified atom stereocenters. The van der Waals surface area contributed by atoms with Crippen LogP contribution in [0.15, 0.2) is 9.90 Å². The van der Waals surface area contributed by atoms with Crippen LogP contribution >= 0.6 is 11.3 Å². The molecule has 0 saturated heterocycles. The number of hydrogen-bond donors (Lipinski definition) is 1. The zero-order chi connectivity index (χ0) is 13.3. The van der Waals surface area contributed by atoms with Gasteiger partial charge in [-0.15, -0.1) is 11.3 Å². The standard InChI is InChI=1S/C12H17N3O2S/c1-6(2)9(16-4)11-14-12(17-15-11)10-8(13)7(3)5-18-10/h5-6,9H,13H2,1-4H3. The van der Waals surface area contributed by atoms with Crippen LogP contribution in [0.1, 0.15) is 31.3 Å². The Labute approximate surface area is 110 Å². The maximum Gasteiger partial charge on any atom is 0.270 e. The van der Waals surface area contributed by atoms with Gasteiger partial charge < -0.3 is 15.0 Å². The van der Waals surface area contributed by atoms with Crippen LogP contribution in [0.2, 0.25) is 0 Å². The number of rotatable bonds is 4. The van der Waals surface area contributed by atoms with E-state index < -0.39 is 0 Å². The van der Waals surface area contributed by atoms with Crippen LogP contribution in [0.5, 0.6) is 0 Å². The van der Waals surface area contributed by atoms with Crippen LogP contribution in [-0.4, -0.2) is 17.3 Å². The maximum atomic E-state index is 5.96. The van der Waals surface area contributed by atoms with E-state index in [-0.39, 0.29) is 12.0 Å². The fourth-order valence-electron chi connectivity index (χ4n) is 1.74. The molecule has 2 aromatic rings. The van der Waals surface area contributed by atoms with Crippen LogP contribution in [0.3, 0.4) is 0 Å². The SMILES string of the molecule is COC(c1noc(-c2scc(C)c2N)n1)C(C)C. The summed E-state index contributed by atoms with van der Waals surface area (Å²) in [6.07, 6.45) is -0.162. The topological polar surface area (TPSA) is 74.2 Å². The van der Waals surface area contributed by atoms with Crippen LogP contribution in [0.4, 0.5) is 5.69 Å². The van der Waals surface area contributed by atoms with E-state index in [2.05, 4.69) is 10.1 Å². The molecular formula is C12H17N3O2S. The number of thiophene rings is 1. The molecule has 1 atom stereocenters. The molecule has 2 aromatic heterocycles. The minimum atomic E-state index is -0.162. The first-order valence-electron chi connectivity index (χ1n) is 5.75. The van der Waals surface area contributed by atoms with Gasteiger partial charge in [-0.2, -0.15) is 4.98 Å². The van der Waals surface area contributed by atoms with Gasteiger partial charge in [-0.1, -0.05) is 19.0 Å². The van der Waals surface area contributed by atoms with E-state index in [1.807, 2.05) is 26.2 Å². The summed E-state index contributed by atoms with van der Waals surface area (Å²) in [5.41, 5.74) is 7.70. The highest BCUT2D eigenvalue weighted by Crippen LogP contribution is 2.34. The van der Waals surface area contributed by atoms with Gasteiger partial charge in [0.05, 0.1) is 5.69 Å². The fourth-order valence-corrected chi connectivity index (χ4v) is 2.63. The normalized spacial score (nSPS) is 13.2. The van der Waals surface area contributed by atoms with Gasteiger partial charge in [-0.3, -0.25) is 0 Å². The number of nitrogens with zero attached hydrogens (tertiary/aromatic N) is 2. The molecule has 0 radical (unpaired) electrons. The second-order valence-corrected chi connectivity index (χ2v) is 5.40. The van der Waals surface area contributed by atoms with Crippen molar-refractivity contribution in [2.75, 3.05) is 12.8 Å². The van der Waals surface area contributed by atoms with Crippen molar-refractivity contribution in [1.82, 2.24) is 10.1 Å². The Morgan fingerprint density at radius 2 is 2.17 bits per heavy atom. The second kappa shape index (κ2) is 5.07. The molecule has 0 aliphatic carbocycles. The molecular weight excluding hydrogens is 250 g/mol. The van der Waals surface area contributed by atoms with E-state index in [9.17, 15) is 0 Å². The van der Waals surface area contributed by atoms with Gasteiger partial charge in [0, 0.05) is 7.11 Å². The van der Waals surface area contributed by atoms with Crippen molar-refractivity contribution in [3.05, 3.63) is 16.8 Å². The first-order valence-corrected chi connectivity index (χ1v) is 6.63. The highest BCUT2D eigenvalue weighted by Gasteiger charge is 2.23. The third kappa shape index (κ3) is 2.26. The monoisotopic (exact) mass is 267 g/mol. The minimum absolute atomic E-state index is 0.162. The smallest absolute Gasteiger partial charge is 0.270 e. The highest BCUT2D eigenvalue weighted by atomic mass is 32.1. The predicted molar refractivity (Wildman–Crippen MR) is 71.3 cm³/mol. The Morgan fingerprint density at radius 1 is 1.44 bits per heavy atom. The highest BCUT2D eigenvalue weighted by molar-refractivity contribution is 7.14. The van der Waals surface area contributed by atoms with E-state index in [1.54, 1.807) is 7.11 Å². The van der Waals surface area contributed by atoms with Crippen LogP contribution in [0, 0.1) is 12.8 Å². The third-order valence-electron chi connectivity index (χ3n) is 2.77. The van der Waals surface area contributed by atoms with Crippen molar-refractivity contribution in [1.29, 1.82) is 0 Å². The minimum Gasteiger partial charge on any atom is -0.397 e. The maximum absolute atomic E-state index is 5.96. The van der Waals surface area contributed by atoms with Gasteiger partial charge in [0.1, 0.15) is 11.0 Å². The van der Waals surface area contributed by atoms with Crippen LogP contribution < -0.4 is 5.73 Å². The predicted octanol–water partition coefficient (Wildman–Crippen LogP) is 3.03. The summed E-state index contributed by atoms with van der Waals surface area (Å²) in [6.45, 7) is 6.06. The van der Waals surface area contributed by atoms with Crippen molar-refractivity contribution >= 4 is 17.0 Å². The second-order valence-electron chi connectivity index (χ2n) is 4.52. The molecule has 0 saturated carbocycles. The number of hydrogen-bond acceptors (Lipinski definition) is 6. The largest absolute Gasteiger partial charge is 0.397 e. The summed E-state index contributed by atoms with van der Waals surface area (Å²) >= 11 is 1.51. The third-order valence-corrected chi connectivity index (χ3v) is 3.87. The van der Waals surface area contributed by atoms with Crippen molar-refractivity contribution in [3.63, 3.8) is 0 Å². The van der Waals surface area contributed by atoms with E-state index in [4.69, 9.17) is 15.0 Å². The summed E-state index contributed by atoms with van der Waals surface area (Å²) in [5, 5.41) is 5.95. The molecule has 0 aromatic carbocycles. The van der Waals surface area contributed by atoms with Gasteiger partial charge in [0.15, 0.2) is 0 Å². The van der Waals surface area contributed by atoms with Gasteiger partial charge in [-0.25, -0.2) is 0 Å². The lowest BCUT2D eigenvalue weighted by molar-refractivity contribution is 0.0556. The molecule has 0 aliphatic rings. The lowest BCUT2D eigenvalue weighted by Gasteiger charge is -2.14. The number of ether oxygens (including phenoxy) is 1. The molecule has 2 rings (SSSR count). The molecule has 0 fully saturated rings. The molecule has 98 valence electrons. The Balaban J connectivity index is 2.33. The first-order chi connectivity index (χ1) is 8.54. The van der Waals surface area contributed by atoms with Gasteiger partial charge in [-0.05, 0) is 23.8 Å². The lowest BCUT2D eigenvalue weighted by atomic mass is 10.1. The molecule has 0 spiro atoms.